The smallest absolute Gasteiger partial charge is 0.272 e. The van der Waals surface area contributed by atoms with E-state index in [0.29, 0.717) is 12.4 Å². The molecule has 2 N–H and O–H groups in total. The van der Waals surface area contributed by atoms with Crippen LogP contribution in [0.1, 0.15) is 21.6 Å². The largest absolute Gasteiger partial charge is 0.347 e. The summed E-state index contributed by atoms with van der Waals surface area (Å²) >= 11 is 3.49. The van der Waals surface area contributed by atoms with Crippen LogP contribution < -0.4 is 10.6 Å². The molecule has 25 heavy (non-hydrogen) atoms. The van der Waals surface area contributed by atoms with Crippen LogP contribution in [-0.4, -0.2) is 21.1 Å². The summed E-state index contributed by atoms with van der Waals surface area (Å²) in [5, 5.41) is 14.0. The minimum atomic E-state index is -0.277. The SMILES string of the molecule is Cc1ccc(Nc2ccc(C(=O)NCc3cccnc3)nn2)cc1Br. The van der Waals surface area contributed by atoms with Gasteiger partial charge in [-0.3, -0.25) is 9.78 Å². The van der Waals surface area contributed by atoms with E-state index in [2.05, 4.69) is 41.7 Å². The number of halogens is 1. The number of carbonyl (C=O) groups excluding carboxylic acids is 1. The fourth-order valence-corrected chi connectivity index (χ4v) is 2.49. The Bertz CT molecular complexity index is 868. The molecular formula is C18H16BrN5O. The molecule has 126 valence electrons. The van der Waals surface area contributed by atoms with Crippen molar-refractivity contribution < 1.29 is 4.79 Å². The van der Waals surface area contributed by atoms with Gasteiger partial charge < -0.3 is 10.6 Å². The molecule has 0 atom stereocenters. The van der Waals surface area contributed by atoms with E-state index >= 15 is 0 Å². The average Bonchev–Trinajstić information content (AvgIpc) is 2.64. The first-order chi connectivity index (χ1) is 12.1. The summed E-state index contributed by atoms with van der Waals surface area (Å²) in [6, 6.07) is 13.0. The molecule has 0 saturated carbocycles. The molecule has 0 aliphatic carbocycles. The normalized spacial score (nSPS) is 10.3. The lowest BCUT2D eigenvalue weighted by atomic mass is 10.2. The third kappa shape index (κ3) is 4.60. The monoisotopic (exact) mass is 397 g/mol. The summed E-state index contributed by atoms with van der Waals surface area (Å²) in [6.45, 7) is 2.42. The van der Waals surface area contributed by atoms with Gasteiger partial charge >= 0.3 is 0 Å². The van der Waals surface area contributed by atoms with Crippen LogP contribution in [0, 0.1) is 6.92 Å². The van der Waals surface area contributed by atoms with Crippen LogP contribution >= 0.6 is 15.9 Å². The Balaban J connectivity index is 1.61. The van der Waals surface area contributed by atoms with E-state index in [-0.39, 0.29) is 11.6 Å². The maximum Gasteiger partial charge on any atom is 0.272 e. The van der Waals surface area contributed by atoms with E-state index in [9.17, 15) is 4.79 Å². The van der Waals surface area contributed by atoms with Gasteiger partial charge in [-0.1, -0.05) is 28.1 Å². The zero-order valence-corrected chi connectivity index (χ0v) is 15.1. The summed E-state index contributed by atoms with van der Waals surface area (Å²) in [5.74, 6) is 0.292. The van der Waals surface area contributed by atoms with E-state index in [4.69, 9.17) is 0 Å². The lowest BCUT2D eigenvalue weighted by molar-refractivity contribution is 0.0945. The van der Waals surface area contributed by atoms with Gasteiger partial charge in [-0.2, -0.15) is 0 Å². The molecule has 0 radical (unpaired) electrons. The third-order valence-corrected chi connectivity index (χ3v) is 4.37. The van der Waals surface area contributed by atoms with Crippen molar-refractivity contribution in [2.45, 2.75) is 13.5 Å². The number of hydrogen-bond acceptors (Lipinski definition) is 5. The molecule has 1 aromatic carbocycles. The van der Waals surface area contributed by atoms with Crippen LogP contribution in [0.4, 0.5) is 11.5 Å². The van der Waals surface area contributed by atoms with Crippen LogP contribution in [-0.2, 0) is 6.54 Å². The number of pyridine rings is 1. The van der Waals surface area contributed by atoms with E-state index in [1.165, 1.54) is 0 Å². The van der Waals surface area contributed by atoms with Gasteiger partial charge in [-0.05, 0) is 48.4 Å². The van der Waals surface area contributed by atoms with Crippen molar-refractivity contribution in [3.05, 3.63) is 76.2 Å². The van der Waals surface area contributed by atoms with Crippen LogP contribution in [0.2, 0.25) is 0 Å². The molecule has 6 nitrogen and oxygen atoms in total. The maximum absolute atomic E-state index is 12.1. The zero-order chi connectivity index (χ0) is 17.6. The van der Waals surface area contributed by atoms with Gasteiger partial charge in [0, 0.05) is 29.1 Å². The zero-order valence-electron chi connectivity index (χ0n) is 13.5. The predicted molar refractivity (Wildman–Crippen MR) is 99.6 cm³/mol. The van der Waals surface area contributed by atoms with E-state index < -0.39 is 0 Å². The number of aromatic nitrogens is 3. The second kappa shape index (κ2) is 7.85. The minimum Gasteiger partial charge on any atom is -0.347 e. The topological polar surface area (TPSA) is 79.8 Å². The van der Waals surface area contributed by atoms with Crippen molar-refractivity contribution in [1.29, 1.82) is 0 Å². The fourth-order valence-electron chi connectivity index (χ4n) is 2.11. The van der Waals surface area contributed by atoms with Gasteiger partial charge in [0.2, 0.25) is 0 Å². The van der Waals surface area contributed by atoms with Gasteiger partial charge in [0.15, 0.2) is 11.5 Å². The third-order valence-electron chi connectivity index (χ3n) is 3.52. The number of amides is 1. The number of carbonyl (C=O) groups is 1. The van der Waals surface area contributed by atoms with Crippen LogP contribution in [0.25, 0.3) is 0 Å². The first kappa shape index (κ1) is 17.0. The lowest BCUT2D eigenvalue weighted by Crippen LogP contribution is -2.24. The number of rotatable bonds is 5. The van der Waals surface area contributed by atoms with Gasteiger partial charge in [-0.15, -0.1) is 10.2 Å². The molecule has 2 aromatic heterocycles. The minimum absolute atomic E-state index is 0.263. The highest BCUT2D eigenvalue weighted by Crippen LogP contribution is 2.22. The Hall–Kier alpha value is -2.80. The molecule has 7 heteroatoms. The van der Waals surface area contributed by atoms with Crippen molar-refractivity contribution in [1.82, 2.24) is 20.5 Å². The Morgan fingerprint density at radius 1 is 1.16 bits per heavy atom. The predicted octanol–water partition coefficient (Wildman–Crippen LogP) is 3.62. The summed E-state index contributed by atoms with van der Waals surface area (Å²) in [4.78, 5) is 16.1. The fraction of sp³-hybridized carbons (Fsp3) is 0.111. The quantitative estimate of drug-likeness (QED) is 0.687. The number of nitrogens with one attached hydrogen (secondary N) is 2. The Labute approximate surface area is 153 Å². The number of nitrogens with zero attached hydrogens (tertiary/aromatic N) is 3. The first-order valence-corrected chi connectivity index (χ1v) is 8.45. The molecule has 2 heterocycles. The molecular weight excluding hydrogens is 382 g/mol. The first-order valence-electron chi connectivity index (χ1n) is 7.66. The van der Waals surface area contributed by atoms with Crippen LogP contribution in [0.5, 0.6) is 0 Å². The van der Waals surface area contributed by atoms with Crippen LogP contribution in [0.3, 0.4) is 0 Å². The molecule has 0 spiro atoms. The molecule has 1 amide bonds. The van der Waals surface area contributed by atoms with Crippen molar-refractivity contribution >= 4 is 33.3 Å². The van der Waals surface area contributed by atoms with E-state index in [1.54, 1.807) is 24.5 Å². The summed E-state index contributed by atoms with van der Waals surface area (Å²) < 4.78 is 1.01. The molecule has 0 aliphatic rings. The number of benzene rings is 1. The van der Waals surface area contributed by atoms with Crippen molar-refractivity contribution in [2.75, 3.05) is 5.32 Å². The van der Waals surface area contributed by atoms with Gasteiger partial charge in [0.05, 0.1) is 0 Å². The highest BCUT2D eigenvalue weighted by Gasteiger charge is 2.08. The summed E-state index contributed by atoms with van der Waals surface area (Å²) in [6.07, 6.45) is 3.40. The number of hydrogen-bond donors (Lipinski definition) is 2. The van der Waals surface area contributed by atoms with Crippen LogP contribution in [0.15, 0.2) is 59.3 Å². The Kier molecular flexibility index (Phi) is 5.35. The van der Waals surface area contributed by atoms with Crippen molar-refractivity contribution in [3.63, 3.8) is 0 Å². The van der Waals surface area contributed by atoms with Gasteiger partial charge in [-0.25, -0.2) is 0 Å². The molecule has 0 unspecified atom stereocenters. The lowest BCUT2D eigenvalue weighted by Gasteiger charge is -2.08. The molecule has 0 aliphatic heterocycles. The second-order valence-corrected chi connectivity index (χ2v) is 6.29. The molecule has 3 aromatic rings. The van der Waals surface area contributed by atoms with E-state index in [0.717, 1.165) is 21.3 Å². The maximum atomic E-state index is 12.1. The van der Waals surface area contributed by atoms with E-state index in [1.807, 2.05) is 37.3 Å². The molecule has 0 saturated heterocycles. The van der Waals surface area contributed by atoms with Crippen molar-refractivity contribution in [2.24, 2.45) is 0 Å². The highest BCUT2D eigenvalue weighted by atomic mass is 79.9. The summed E-state index contributed by atoms with van der Waals surface area (Å²) in [7, 11) is 0. The molecule has 0 bridgehead atoms. The molecule has 3 rings (SSSR count). The van der Waals surface area contributed by atoms with Crippen molar-refractivity contribution in [3.8, 4) is 0 Å². The molecule has 0 fully saturated rings. The summed E-state index contributed by atoms with van der Waals surface area (Å²) in [5.41, 5.74) is 3.23. The Morgan fingerprint density at radius 2 is 2.04 bits per heavy atom. The standard InChI is InChI=1S/C18H16BrN5O/c1-12-4-5-14(9-15(12)19)22-17-7-6-16(23-24-17)18(25)21-11-13-3-2-8-20-10-13/h2-10H,11H2,1H3,(H,21,25)(H,22,24). The average molecular weight is 398 g/mol. The number of aryl methyl sites for hydroxylation is 1. The van der Waals surface area contributed by atoms with Gasteiger partial charge in [0.25, 0.3) is 5.91 Å². The number of anilines is 2. The van der Waals surface area contributed by atoms with Gasteiger partial charge in [0.1, 0.15) is 0 Å². The Morgan fingerprint density at radius 3 is 2.72 bits per heavy atom. The highest BCUT2D eigenvalue weighted by molar-refractivity contribution is 9.10. The second-order valence-electron chi connectivity index (χ2n) is 5.44.